The number of aliphatic hydroxyl groups is 1. The van der Waals surface area contributed by atoms with Crippen molar-refractivity contribution in [1.82, 2.24) is 0 Å². The second kappa shape index (κ2) is 61.9. The molecule has 6 atom stereocenters. The van der Waals surface area contributed by atoms with Crippen LogP contribution in [-0.4, -0.2) is 96.7 Å². The van der Waals surface area contributed by atoms with Crippen molar-refractivity contribution in [3.8, 4) is 0 Å². The van der Waals surface area contributed by atoms with Gasteiger partial charge in [0.1, 0.15) is 19.3 Å². The molecule has 17 nitrogen and oxygen atoms in total. The highest BCUT2D eigenvalue weighted by molar-refractivity contribution is 7.47. The van der Waals surface area contributed by atoms with Gasteiger partial charge in [-0.15, -0.1) is 0 Å². The number of carbonyl (C=O) groups excluding carboxylic acids is 4. The number of aliphatic hydroxyl groups excluding tert-OH is 1. The minimum atomic E-state index is -4.95. The lowest BCUT2D eigenvalue weighted by Gasteiger charge is -2.21. The van der Waals surface area contributed by atoms with Crippen molar-refractivity contribution in [1.29, 1.82) is 0 Å². The zero-order chi connectivity index (χ0) is 66.6. The highest BCUT2D eigenvalue weighted by Gasteiger charge is 2.30. The van der Waals surface area contributed by atoms with Crippen molar-refractivity contribution < 1.29 is 80.2 Å². The van der Waals surface area contributed by atoms with E-state index in [-0.39, 0.29) is 25.7 Å². The predicted molar refractivity (Wildman–Crippen MR) is 363 cm³/mol. The van der Waals surface area contributed by atoms with E-state index in [4.69, 9.17) is 37.0 Å². The van der Waals surface area contributed by atoms with E-state index in [0.717, 1.165) is 108 Å². The number of unbranched alkanes of at least 4 members (excludes halogenated alkanes) is 36. The number of ether oxygens (including phenoxy) is 4. The Morgan fingerprint density at radius 1 is 0.322 bits per heavy atom. The molecular formula is C71H138O17P2. The third kappa shape index (κ3) is 63.5. The molecule has 0 aromatic carbocycles. The van der Waals surface area contributed by atoms with Gasteiger partial charge in [-0.3, -0.25) is 37.3 Å². The molecule has 0 heterocycles. The molecule has 90 heavy (non-hydrogen) atoms. The summed E-state index contributed by atoms with van der Waals surface area (Å²) < 4.78 is 68.3. The van der Waals surface area contributed by atoms with Gasteiger partial charge in [-0.1, -0.05) is 305 Å². The largest absolute Gasteiger partial charge is 0.472 e. The highest BCUT2D eigenvalue weighted by atomic mass is 31.2. The summed E-state index contributed by atoms with van der Waals surface area (Å²) in [7, 11) is -9.90. The van der Waals surface area contributed by atoms with E-state index in [0.29, 0.717) is 31.6 Å². The Bertz CT molecular complexity index is 1770. The molecule has 0 aliphatic carbocycles. The first kappa shape index (κ1) is 88.1. The number of carbonyl (C=O) groups is 4. The van der Waals surface area contributed by atoms with E-state index in [1.54, 1.807) is 0 Å². The molecule has 0 aliphatic rings. The van der Waals surface area contributed by atoms with Gasteiger partial charge in [0.05, 0.1) is 26.4 Å². The van der Waals surface area contributed by atoms with E-state index in [1.165, 1.54) is 161 Å². The average Bonchev–Trinajstić information content (AvgIpc) is 3.63. The van der Waals surface area contributed by atoms with Gasteiger partial charge in [0.2, 0.25) is 0 Å². The first-order valence-electron chi connectivity index (χ1n) is 36.9. The van der Waals surface area contributed by atoms with Gasteiger partial charge in [-0.05, 0) is 43.4 Å². The van der Waals surface area contributed by atoms with Gasteiger partial charge in [0.25, 0.3) is 0 Å². The maximum Gasteiger partial charge on any atom is 0.472 e. The number of hydrogen-bond acceptors (Lipinski definition) is 15. The normalized spacial score (nSPS) is 14.5. The Hall–Kier alpha value is -1.94. The fraction of sp³-hybridized carbons (Fsp3) is 0.944. The average molecular weight is 1330 g/mol. The van der Waals surface area contributed by atoms with Crippen molar-refractivity contribution in [3.05, 3.63) is 0 Å². The Morgan fingerprint density at radius 3 is 0.844 bits per heavy atom. The molecule has 3 N–H and O–H groups in total. The molecule has 19 heteroatoms. The van der Waals surface area contributed by atoms with Crippen LogP contribution in [0.15, 0.2) is 0 Å². The SMILES string of the molecule is CCCCCCCCCCCCCC(=O)OC[C@H](COP(=O)(O)OC[C@@H](O)COP(=O)(O)OC[C@@H](COC(=O)CCCCCCCCC(C)CC)OC(=O)CCCCCCCCCC(C)C)OC(=O)CCCCCCCCCCCCCCCCCCC(C)C. The Kier molecular flexibility index (Phi) is 60.6. The molecular weight excluding hydrogens is 1190 g/mol. The molecule has 3 unspecified atom stereocenters. The molecule has 0 fully saturated rings. The van der Waals surface area contributed by atoms with Gasteiger partial charge >= 0.3 is 39.5 Å². The number of rotatable bonds is 69. The van der Waals surface area contributed by atoms with Gasteiger partial charge < -0.3 is 33.8 Å². The van der Waals surface area contributed by atoms with E-state index in [1.807, 2.05) is 0 Å². The summed E-state index contributed by atoms with van der Waals surface area (Å²) in [6.07, 6.45) is 46.0. The van der Waals surface area contributed by atoms with Crippen LogP contribution in [0, 0.1) is 17.8 Å². The fourth-order valence-electron chi connectivity index (χ4n) is 10.7. The second-order valence-corrected chi connectivity index (χ2v) is 29.7. The molecule has 0 bridgehead atoms. The standard InChI is InChI=1S/C71H138O17P2/c1-8-10-11-12-13-14-21-25-30-38-45-52-68(73)81-58-66(87-70(75)54-47-40-31-26-23-20-18-16-15-17-19-22-24-28-35-42-49-62(3)4)60-85-89(77,78)83-56-65(72)57-84-90(79,80)86-61-67(88-71(76)55-48-41-32-27-29-36-43-50-63(5)6)59-82-69(74)53-46-39-34-33-37-44-51-64(7)9-2/h62-67,72H,8-61H2,1-7H3,(H,77,78)(H,79,80)/t64?,65-,66-,67-/m1/s1. The third-order valence-corrected chi connectivity index (χ3v) is 18.6. The molecule has 0 aromatic heterocycles. The van der Waals surface area contributed by atoms with Crippen LogP contribution >= 0.6 is 15.6 Å². The summed E-state index contributed by atoms with van der Waals surface area (Å²) in [5.74, 6) is 0.108. The van der Waals surface area contributed by atoms with Crippen LogP contribution in [-0.2, 0) is 65.4 Å². The van der Waals surface area contributed by atoms with Gasteiger partial charge in [-0.25, -0.2) is 9.13 Å². The summed E-state index contributed by atoms with van der Waals surface area (Å²) in [4.78, 5) is 72.5. The summed E-state index contributed by atoms with van der Waals surface area (Å²) in [5, 5.41) is 10.6. The monoisotopic (exact) mass is 1320 g/mol. The van der Waals surface area contributed by atoms with Crippen LogP contribution in [0.4, 0.5) is 0 Å². The lowest BCUT2D eigenvalue weighted by molar-refractivity contribution is -0.161. The summed E-state index contributed by atoms with van der Waals surface area (Å²) >= 11 is 0. The van der Waals surface area contributed by atoms with Crippen LogP contribution in [0.3, 0.4) is 0 Å². The number of phosphoric acid groups is 2. The van der Waals surface area contributed by atoms with Crippen molar-refractivity contribution in [3.63, 3.8) is 0 Å². The Labute approximate surface area is 549 Å². The maximum atomic E-state index is 13.0. The maximum absolute atomic E-state index is 13.0. The van der Waals surface area contributed by atoms with Crippen molar-refractivity contribution in [2.45, 2.75) is 375 Å². The first-order valence-corrected chi connectivity index (χ1v) is 39.9. The molecule has 0 aromatic rings. The lowest BCUT2D eigenvalue weighted by atomic mass is 10.00. The molecule has 534 valence electrons. The number of phosphoric ester groups is 2. The van der Waals surface area contributed by atoms with Crippen LogP contribution in [0.2, 0.25) is 0 Å². The van der Waals surface area contributed by atoms with Crippen LogP contribution < -0.4 is 0 Å². The molecule has 0 spiro atoms. The third-order valence-electron chi connectivity index (χ3n) is 16.7. The number of hydrogen-bond donors (Lipinski definition) is 3. The Balaban J connectivity index is 5.20. The lowest BCUT2D eigenvalue weighted by Crippen LogP contribution is -2.30. The minimum Gasteiger partial charge on any atom is -0.462 e. The molecule has 0 radical (unpaired) electrons. The van der Waals surface area contributed by atoms with E-state index >= 15 is 0 Å². The Morgan fingerprint density at radius 2 is 0.567 bits per heavy atom. The van der Waals surface area contributed by atoms with Crippen molar-refractivity contribution in [2.75, 3.05) is 39.6 Å². The topological polar surface area (TPSA) is 237 Å². The minimum absolute atomic E-state index is 0.102. The van der Waals surface area contributed by atoms with Gasteiger partial charge in [-0.2, -0.15) is 0 Å². The summed E-state index contributed by atoms with van der Waals surface area (Å²) in [6.45, 7) is 11.8. The summed E-state index contributed by atoms with van der Waals surface area (Å²) in [6, 6.07) is 0. The first-order chi connectivity index (χ1) is 43.3. The van der Waals surface area contributed by atoms with E-state index < -0.39 is 97.5 Å². The number of esters is 4. The molecule has 0 aliphatic heterocycles. The smallest absolute Gasteiger partial charge is 0.462 e. The van der Waals surface area contributed by atoms with Crippen molar-refractivity contribution >= 4 is 39.5 Å². The second-order valence-electron chi connectivity index (χ2n) is 26.8. The summed E-state index contributed by atoms with van der Waals surface area (Å²) in [5.41, 5.74) is 0. The molecule has 0 rings (SSSR count). The molecule has 0 saturated carbocycles. The van der Waals surface area contributed by atoms with Crippen molar-refractivity contribution in [2.24, 2.45) is 17.8 Å². The zero-order valence-electron chi connectivity index (χ0n) is 58.6. The predicted octanol–water partition coefficient (Wildman–Crippen LogP) is 20.2. The van der Waals surface area contributed by atoms with Crippen LogP contribution in [0.25, 0.3) is 0 Å². The van der Waals surface area contributed by atoms with Gasteiger partial charge in [0, 0.05) is 25.7 Å². The fourth-order valence-corrected chi connectivity index (χ4v) is 12.3. The van der Waals surface area contributed by atoms with Crippen LogP contribution in [0.5, 0.6) is 0 Å². The van der Waals surface area contributed by atoms with E-state index in [2.05, 4.69) is 48.5 Å². The molecule has 0 saturated heterocycles. The quantitative estimate of drug-likeness (QED) is 0.0222. The highest BCUT2D eigenvalue weighted by Crippen LogP contribution is 2.45. The molecule has 0 amide bonds. The zero-order valence-corrected chi connectivity index (χ0v) is 60.4. The van der Waals surface area contributed by atoms with Crippen LogP contribution in [0.1, 0.15) is 357 Å². The van der Waals surface area contributed by atoms with E-state index in [9.17, 15) is 43.2 Å². The van der Waals surface area contributed by atoms with Gasteiger partial charge in [0.15, 0.2) is 12.2 Å².